The molecule has 0 atom stereocenters. The molecule has 8 heteroatoms. The molecule has 0 aliphatic heterocycles. The van der Waals surface area contributed by atoms with E-state index >= 15 is 0 Å². The standard InChI is InChI=1S/C100H62N8/c1-4-24-63(25-5-1)66-30-20-31-67(56-66)68-32-22-37-76(58-68)107-91-46-18-11-38-77(91)81-52-53-82-78-39-12-19-47-92(78)108(97(82)96(81)107)100-84-51-48-72(62-88(84)102-99(104-100)65-28-8-3-9-29-65)69-33-21-35-74(57-69)105-89-44-16-13-40-79(89)85-60-70(49-54-93(85)105)71-50-55-94-86(61-71)80-41-14-17-45-90(80)106(94)75-36-23-34-73(59-75)95-83-42-10-15-43-87(83)101-98(103-95)64-26-6-2-7-27-64/h1-62H. The van der Waals surface area contributed by atoms with Crippen LogP contribution in [-0.4, -0.2) is 38.2 Å². The van der Waals surface area contributed by atoms with Crippen molar-refractivity contribution in [1.29, 1.82) is 0 Å². The predicted molar refractivity (Wildman–Crippen MR) is 448 cm³/mol. The smallest absolute Gasteiger partial charge is 0.162 e. The molecule has 0 unspecified atom stereocenters. The molecule has 0 aliphatic carbocycles. The Kier molecular flexibility index (Phi) is 13.8. The summed E-state index contributed by atoms with van der Waals surface area (Å²) in [6.45, 7) is 0. The lowest BCUT2D eigenvalue weighted by atomic mass is 9.99. The fourth-order valence-electron chi connectivity index (χ4n) is 17.0. The highest BCUT2D eigenvalue weighted by atomic mass is 15.1. The molecule has 16 aromatic carbocycles. The number of benzene rings is 16. The summed E-state index contributed by atoms with van der Waals surface area (Å²) in [5.74, 6) is 2.17. The minimum atomic E-state index is 0.651. The highest BCUT2D eigenvalue weighted by molar-refractivity contribution is 6.24. The van der Waals surface area contributed by atoms with Crippen LogP contribution >= 0.6 is 0 Å². The number of rotatable bonds is 11. The zero-order valence-electron chi connectivity index (χ0n) is 58.4. The highest BCUT2D eigenvalue weighted by Crippen LogP contribution is 2.46. The van der Waals surface area contributed by atoms with Gasteiger partial charge in [0.05, 0.1) is 60.9 Å². The lowest BCUT2D eigenvalue weighted by Crippen LogP contribution is -2.04. The van der Waals surface area contributed by atoms with Crippen molar-refractivity contribution >= 4 is 109 Å². The second kappa shape index (κ2) is 24.5. The lowest BCUT2D eigenvalue weighted by molar-refractivity contribution is 1.07. The monoisotopic (exact) mass is 1370 g/mol. The van der Waals surface area contributed by atoms with Gasteiger partial charge in [-0.15, -0.1) is 0 Å². The molecular weight excluding hydrogens is 1310 g/mol. The normalized spacial score (nSPS) is 11.9. The summed E-state index contributed by atoms with van der Waals surface area (Å²) in [6, 6.07) is 136. The molecule has 0 aliphatic rings. The molecule has 22 aromatic rings. The van der Waals surface area contributed by atoms with Gasteiger partial charge >= 0.3 is 0 Å². The molecule has 22 rings (SSSR count). The summed E-state index contributed by atoms with van der Waals surface area (Å²) in [4.78, 5) is 21.5. The first-order valence-corrected chi connectivity index (χ1v) is 36.8. The van der Waals surface area contributed by atoms with E-state index in [0.29, 0.717) is 11.6 Å². The Morgan fingerprint density at radius 1 is 0.167 bits per heavy atom. The fourth-order valence-corrected chi connectivity index (χ4v) is 17.0. The van der Waals surface area contributed by atoms with Gasteiger partial charge in [-0.05, 0) is 154 Å². The van der Waals surface area contributed by atoms with Gasteiger partial charge in [0.25, 0.3) is 0 Å². The molecular formula is C100H62N8. The molecule has 108 heavy (non-hydrogen) atoms. The maximum atomic E-state index is 5.70. The van der Waals surface area contributed by atoms with Crippen molar-refractivity contribution in [2.24, 2.45) is 0 Å². The number of fused-ring (bicyclic) bond motifs is 15. The van der Waals surface area contributed by atoms with E-state index in [-0.39, 0.29) is 0 Å². The Morgan fingerprint density at radius 3 is 1.08 bits per heavy atom. The molecule has 6 heterocycles. The molecule has 0 radical (unpaired) electrons. The van der Waals surface area contributed by atoms with Crippen LogP contribution in [0.5, 0.6) is 0 Å². The van der Waals surface area contributed by atoms with Crippen LogP contribution in [-0.2, 0) is 0 Å². The van der Waals surface area contributed by atoms with Gasteiger partial charge in [0.2, 0.25) is 0 Å². The molecule has 0 saturated heterocycles. The minimum Gasteiger partial charge on any atom is -0.309 e. The Bertz CT molecular complexity index is 7430. The van der Waals surface area contributed by atoms with Crippen LogP contribution in [0, 0.1) is 0 Å². The van der Waals surface area contributed by atoms with Crippen molar-refractivity contribution in [3.63, 3.8) is 0 Å². The molecule has 0 bridgehead atoms. The van der Waals surface area contributed by atoms with E-state index in [2.05, 4.69) is 370 Å². The molecule has 0 amide bonds. The summed E-state index contributed by atoms with van der Waals surface area (Å²) in [5, 5.41) is 11.3. The third kappa shape index (κ3) is 9.78. The summed E-state index contributed by atoms with van der Waals surface area (Å²) >= 11 is 0. The van der Waals surface area contributed by atoms with Crippen LogP contribution in [0.4, 0.5) is 0 Å². The molecule has 0 saturated carbocycles. The van der Waals surface area contributed by atoms with Gasteiger partial charge in [-0.25, -0.2) is 19.9 Å². The SMILES string of the molecule is c1ccc(-c2cccc(-c3cccc(-n4c5ccccc5c5ccc6c7ccccc7n(-c7nc(-c8ccccc8)nc8cc(-c9cccc(-n%10c%11ccccc%11c%11cc(-c%12ccc%13c(c%12)c%12ccccc%12n%13-c%12cccc(-c%13nc(-c%14ccccc%14)nc%14ccccc%13%14)c%12)ccc%11%10)c9)ccc78)c6c54)c3)c2)cc1. The van der Waals surface area contributed by atoms with Gasteiger partial charge in [-0.3, -0.25) is 4.57 Å². The molecule has 0 spiro atoms. The van der Waals surface area contributed by atoms with Gasteiger partial charge < -0.3 is 13.7 Å². The van der Waals surface area contributed by atoms with Crippen molar-refractivity contribution in [2.75, 3.05) is 0 Å². The average molecular weight is 1380 g/mol. The number of aromatic nitrogens is 8. The zero-order valence-corrected chi connectivity index (χ0v) is 58.4. The number of nitrogens with zero attached hydrogens (tertiary/aromatic N) is 8. The average Bonchev–Trinajstić information content (AvgIpc) is 1.50. The van der Waals surface area contributed by atoms with Crippen molar-refractivity contribution < 1.29 is 0 Å². The first-order chi connectivity index (χ1) is 53.5. The summed E-state index contributed by atoms with van der Waals surface area (Å²) in [7, 11) is 0. The number of hydrogen-bond donors (Lipinski definition) is 0. The quantitative estimate of drug-likeness (QED) is 0.129. The van der Waals surface area contributed by atoms with Gasteiger partial charge in [-0.2, -0.15) is 0 Å². The van der Waals surface area contributed by atoms with Crippen LogP contribution in [0.25, 0.3) is 210 Å². The maximum absolute atomic E-state index is 5.70. The van der Waals surface area contributed by atoms with Crippen molar-refractivity contribution in [3.05, 3.63) is 376 Å². The third-order valence-electron chi connectivity index (χ3n) is 21.9. The second-order valence-electron chi connectivity index (χ2n) is 28.1. The van der Waals surface area contributed by atoms with Gasteiger partial charge in [0, 0.05) is 87.6 Å². The van der Waals surface area contributed by atoms with Crippen molar-refractivity contribution in [3.8, 4) is 101 Å². The van der Waals surface area contributed by atoms with Crippen LogP contribution < -0.4 is 0 Å². The third-order valence-corrected chi connectivity index (χ3v) is 21.9. The van der Waals surface area contributed by atoms with E-state index in [1.165, 1.54) is 38.1 Å². The van der Waals surface area contributed by atoms with E-state index in [4.69, 9.17) is 19.9 Å². The molecule has 6 aromatic heterocycles. The van der Waals surface area contributed by atoms with Crippen LogP contribution in [0.1, 0.15) is 0 Å². The van der Waals surface area contributed by atoms with E-state index in [9.17, 15) is 0 Å². The number of hydrogen-bond acceptors (Lipinski definition) is 4. The Hall–Kier alpha value is -14.6. The number of para-hydroxylation sites is 5. The van der Waals surface area contributed by atoms with Crippen molar-refractivity contribution in [1.82, 2.24) is 38.2 Å². The van der Waals surface area contributed by atoms with E-state index in [1.807, 2.05) is 24.3 Å². The Balaban J connectivity index is 0.657. The summed E-state index contributed by atoms with van der Waals surface area (Å²) < 4.78 is 9.71. The first kappa shape index (κ1) is 60.9. The second-order valence-corrected chi connectivity index (χ2v) is 28.1. The maximum Gasteiger partial charge on any atom is 0.162 e. The lowest BCUT2D eigenvalue weighted by Gasteiger charge is -2.16. The molecule has 8 nitrogen and oxygen atoms in total. The van der Waals surface area contributed by atoms with Gasteiger partial charge in [-0.1, -0.05) is 267 Å². The molecule has 0 N–H and O–H groups in total. The highest BCUT2D eigenvalue weighted by Gasteiger charge is 2.26. The first-order valence-electron chi connectivity index (χ1n) is 36.8. The zero-order chi connectivity index (χ0) is 70.9. The summed E-state index contributed by atoms with van der Waals surface area (Å²) in [6.07, 6.45) is 0. The van der Waals surface area contributed by atoms with E-state index in [0.717, 1.165) is 161 Å². The molecule has 502 valence electrons. The predicted octanol–water partition coefficient (Wildman–Crippen LogP) is 25.6. The Morgan fingerprint density at radius 2 is 0.519 bits per heavy atom. The van der Waals surface area contributed by atoms with Gasteiger partial charge in [0.1, 0.15) is 5.82 Å². The topological polar surface area (TPSA) is 71.3 Å². The van der Waals surface area contributed by atoms with E-state index in [1.54, 1.807) is 0 Å². The summed E-state index contributed by atoms with van der Waals surface area (Å²) in [5.41, 5.74) is 26.8. The Labute approximate surface area is 620 Å². The fraction of sp³-hybridized carbons (Fsp3) is 0. The minimum absolute atomic E-state index is 0.651. The molecule has 0 fully saturated rings. The largest absolute Gasteiger partial charge is 0.309 e. The van der Waals surface area contributed by atoms with Crippen LogP contribution in [0.15, 0.2) is 376 Å². The van der Waals surface area contributed by atoms with Crippen LogP contribution in [0.3, 0.4) is 0 Å². The van der Waals surface area contributed by atoms with Gasteiger partial charge in [0.15, 0.2) is 11.6 Å². The van der Waals surface area contributed by atoms with Crippen molar-refractivity contribution in [2.45, 2.75) is 0 Å². The van der Waals surface area contributed by atoms with E-state index < -0.39 is 0 Å². The van der Waals surface area contributed by atoms with Crippen LogP contribution in [0.2, 0.25) is 0 Å².